The van der Waals surface area contributed by atoms with Crippen molar-refractivity contribution >= 4 is 29.8 Å². The van der Waals surface area contributed by atoms with Gasteiger partial charge in [0, 0.05) is 44.2 Å². The van der Waals surface area contributed by atoms with Gasteiger partial charge in [-0.2, -0.15) is 0 Å². The second kappa shape index (κ2) is 13.4. The van der Waals surface area contributed by atoms with Crippen LogP contribution in [0.4, 0.5) is 9.59 Å². The number of primary amides is 2. The molecule has 27 heavy (non-hydrogen) atoms. The van der Waals surface area contributed by atoms with E-state index in [-0.39, 0.29) is 32.5 Å². The minimum absolute atomic E-state index is 0.190. The highest BCUT2D eigenvalue weighted by Gasteiger charge is 2.27. The van der Waals surface area contributed by atoms with Gasteiger partial charge in [0.25, 0.3) is 0 Å². The van der Waals surface area contributed by atoms with E-state index in [2.05, 4.69) is 10.6 Å². The molecule has 0 heterocycles. The predicted octanol–water partition coefficient (Wildman–Crippen LogP) is -0.579. The highest BCUT2D eigenvalue weighted by atomic mass is 16.6. The first kappa shape index (κ1) is 24.1. The Balaban J connectivity index is 4.95. The highest BCUT2D eigenvalue weighted by molar-refractivity contribution is 5.90. The van der Waals surface area contributed by atoms with E-state index in [1.807, 2.05) is 0 Å². The molecule has 0 fully saturated rings. The lowest BCUT2D eigenvalue weighted by Gasteiger charge is -2.19. The number of rotatable bonds is 13. The molecule has 0 bridgehead atoms. The van der Waals surface area contributed by atoms with E-state index in [1.54, 1.807) is 13.8 Å². The van der Waals surface area contributed by atoms with Crippen molar-refractivity contribution in [1.29, 1.82) is 0 Å². The maximum absolute atomic E-state index is 12.4. The Hall–Kier alpha value is -2.85. The summed E-state index contributed by atoms with van der Waals surface area (Å²) >= 11 is 0. The molecule has 0 aromatic carbocycles. The highest BCUT2D eigenvalue weighted by Crippen LogP contribution is 2.17. The molecule has 11 nitrogen and oxygen atoms in total. The molecule has 154 valence electrons. The molecule has 0 aromatic rings. The summed E-state index contributed by atoms with van der Waals surface area (Å²) in [5.41, 5.74) is 10.2. The Morgan fingerprint density at radius 2 is 1.19 bits per heavy atom. The summed E-state index contributed by atoms with van der Waals surface area (Å²) in [6.07, 6.45) is -2.21. The normalized spacial score (nSPS) is 10.4. The van der Waals surface area contributed by atoms with Gasteiger partial charge in [0.15, 0.2) is 0 Å². The van der Waals surface area contributed by atoms with Crippen LogP contribution >= 0.6 is 0 Å². The van der Waals surface area contributed by atoms with Crippen LogP contribution in [0.5, 0.6) is 0 Å². The summed E-state index contributed by atoms with van der Waals surface area (Å²) < 4.78 is 9.96. The van der Waals surface area contributed by atoms with Crippen LogP contribution in [0.1, 0.15) is 33.1 Å². The third-order valence-corrected chi connectivity index (χ3v) is 3.38. The lowest BCUT2D eigenvalue weighted by atomic mass is 9.89. The molecule has 0 atom stereocenters. The zero-order valence-corrected chi connectivity index (χ0v) is 15.6. The van der Waals surface area contributed by atoms with Crippen molar-refractivity contribution in [3.8, 4) is 0 Å². The Kier molecular flexibility index (Phi) is 12.0. The Labute approximate surface area is 157 Å². The zero-order chi connectivity index (χ0) is 20.8. The van der Waals surface area contributed by atoms with Crippen LogP contribution in [0.2, 0.25) is 0 Å². The summed E-state index contributed by atoms with van der Waals surface area (Å²) in [5, 5.41) is 4.85. The van der Waals surface area contributed by atoms with E-state index >= 15 is 0 Å². The van der Waals surface area contributed by atoms with Gasteiger partial charge >= 0.3 is 12.2 Å². The van der Waals surface area contributed by atoms with Gasteiger partial charge in [-0.15, -0.1) is 0 Å². The van der Waals surface area contributed by atoms with Gasteiger partial charge in [-0.3, -0.25) is 14.4 Å². The molecule has 0 aromatic heterocycles. The maximum atomic E-state index is 12.4. The molecule has 0 radical (unpaired) electrons. The van der Waals surface area contributed by atoms with Crippen LogP contribution in [0.15, 0.2) is 0 Å². The van der Waals surface area contributed by atoms with Crippen molar-refractivity contribution in [2.24, 2.45) is 23.3 Å². The lowest BCUT2D eigenvalue weighted by molar-refractivity contribution is -0.131. The van der Waals surface area contributed by atoms with Crippen LogP contribution in [0, 0.1) is 11.8 Å². The fourth-order valence-electron chi connectivity index (χ4n) is 2.18. The number of ketones is 1. The summed E-state index contributed by atoms with van der Waals surface area (Å²) in [6, 6.07) is 0. The Morgan fingerprint density at radius 3 is 1.52 bits per heavy atom. The number of hydrogen-bond donors (Lipinski definition) is 4. The van der Waals surface area contributed by atoms with E-state index in [9.17, 15) is 24.0 Å². The number of carbonyl (C=O) groups excluding carboxylic acids is 5. The first-order chi connectivity index (χ1) is 12.7. The van der Waals surface area contributed by atoms with Gasteiger partial charge in [-0.1, -0.05) is 0 Å². The number of nitrogens with two attached hydrogens (primary N) is 2. The smallest absolute Gasteiger partial charge is 0.407 e. The van der Waals surface area contributed by atoms with Crippen molar-refractivity contribution in [2.45, 2.75) is 33.1 Å². The minimum atomic E-state index is -0.976. The van der Waals surface area contributed by atoms with Gasteiger partial charge in [-0.25, -0.2) is 9.59 Å². The number of alkyl carbamates (subject to hydrolysis) is 2. The molecule has 0 spiro atoms. The van der Waals surface area contributed by atoms with E-state index in [0.29, 0.717) is 13.1 Å². The maximum Gasteiger partial charge on any atom is 0.407 e. The first-order valence-electron chi connectivity index (χ1n) is 8.60. The summed E-state index contributed by atoms with van der Waals surface area (Å²) in [7, 11) is 0. The largest absolute Gasteiger partial charge is 0.449 e. The van der Waals surface area contributed by atoms with Crippen LogP contribution in [-0.4, -0.2) is 56.1 Å². The number of Topliss-reactive ketones (excluding diaryl/α,β-unsaturated/α-hetero) is 1. The fraction of sp³-hybridized carbons (Fsp3) is 0.688. The number of ether oxygens (including phenoxy) is 2. The Bertz CT molecular complexity index is 501. The van der Waals surface area contributed by atoms with Crippen LogP contribution in [-0.2, 0) is 23.9 Å². The SMILES string of the molecule is CCNC(=O)OCC(COC(=O)NCC)CC(=O)C(CC(N)=O)CC(N)=O. The van der Waals surface area contributed by atoms with Gasteiger partial charge in [-0.05, 0) is 13.8 Å². The average Bonchev–Trinajstić information content (AvgIpc) is 2.56. The van der Waals surface area contributed by atoms with E-state index in [0.717, 1.165) is 0 Å². The molecule has 0 unspecified atom stereocenters. The quantitative estimate of drug-likeness (QED) is 0.325. The third-order valence-electron chi connectivity index (χ3n) is 3.38. The molecule has 0 saturated heterocycles. The standard InChI is InChI=1S/C16H28N4O7/c1-3-19-15(24)26-8-10(9-27-16(25)20-4-2)5-12(21)11(6-13(17)22)7-14(18)23/h10-11H,3-9H2,1-2H3,(H2,17,22)(H2,18,23)(H,19,24)(H,20,25). The first-order valence-corrected chi connectivity index (χ1v) is 8.60. The van der Waals surface area contributed by atoms with Crippen molar-refractivity contribution < 1.29 is 33.4 Å². The zero-order valence-electron chi connectivity index (χ0n) is 15.6. The van der Waals surface area contributed by atoms with Gasteiger partial charge < -0.3 is 31.6 Å². The molecule has 4 amide bonds. The molecular weight excluding hydrogens is 360 g/mol. The topological polar surface area (TPSA) is 180 Å². The summed E-state index contributed by atoms with van der Waals surface area (Å²) in [5.74, 6) is -3.59. The predicted molar refractivity (Wildman–Crippen MR) is 94.3 cm³/mol. The fourth-order valence-corrected chi connectivity index (χ4v) is 2.18. The van der Waals surface area contributed by atoms with E-state index in [4.69, 9.17) is 20.9 Å². The molecule has 0 rings (SSSR count). The minimum Gasteiger partial charge on any atom is -0.449 e. The second-order valence-electron chi connectivity index (χ2n) is 5.83. The monoisotopic (exact) mass is 388 g/mol. The summed E-state index contributed by atoms with van der Waals surface area (Å²) in [6.45, 7) is 3.74. The van der Waals surface area contributed by atoms with Crippen LogP contribution < -0.4 is 22.1 Å². The van der Waals surface area contributed by atoms with Crippen molar-refractivity contribution in [3.63, 3.8) is 0 Å². The van der Waals surface area contributed by atoms with E-state index < -0.39 is 41.6 Å². The van der Waals surface area contributed by atoms with Crippen molar-refractivity contribution in [1.82, 2.24) is 10.6 Å². The number of hydrogen-bond acceptors (Lipinski definition) is 7. The second-order valence-corrected chi connectivity index (χ2v) is 5.83. The number of amides is 4. The molecular formula is C16H28N4O7. The number of nitrogens with one attached hydrogen (secondary N) is 2. The van der Waals surface area contributed by atoms with Gasteiger partial charge in [0.05, 0.1) is 13.2 Å². The van der Waals surface area contributed by atoms with Crippen LogP contribution in [0.25, 0.3) is 0 Å². The Morgan fingerprint density at radius 1 is 0.778 bits per heavy atom. The van der Waals surface area contributed by atoms with E-state index in [1.165, 1.54) is 0 Å². The summed E-state index contributed by atoms with van der Waals surface area (Å²) in [4.78, 5) is 57.5. The molecule has 0 aliphatic heterocycles. The average molecular weight is 388 g/mol. The molecule has 6 N–H and O–H groups in total. The van der Waals surface area contributed by atoms with Gasteiger partial charge in [0.2, 0.25) is 11.8 Å². The molecule has 0 aliphatic rings. The molecule has 11 heteroatoms. The van der Waals surface area contributed by atoms with Crippen molar-refractivity contribution in [3.05, 3.63) is 0 Å². The lowest BCUT2D eigenvalue weighted by Crippen LogP contribution is -2.33. The molecule has 0 aliphatic carbocycles. The third kappa shape index (κ3) is 12.2. The van der Waals surface area contributed by atoms with Crippen LogP contribution in [0.3, 0.4) is 0 Å². The van der Waals surface area contributed by atoms with Gasteiger partial charge in [0.1, 0.15) is 5.78 Å². The van der Waals surface area contributed by atoms with Crippen molar-refractivity contribution in [2.75, 3.05) is 26.3 Å². The number of carbonyl (C=O) groups is 5. The molecule has 0 saturated carbocycles.